The lowest BCUT2D eigenvalue weighted by Crippen LogP contribution is -2.32. The summed E-state index contributed by atoms with van der Waals surface area (Å²) in [5.74, 6) is -0.506. The molecule has 0 bridgehead atoms. The number of aromatic nitrogens is 2. The highest BCUT2D eigenvalue weighted by atomic mass is 32.2. The van der Waals surface area contributed by atoms with Crippen LogP contribution in [0.2, 0.25) is 0 Å². The van der Waals surface area contributed by atoms with Crippen LogP contribution in [0.25, 0.3) is 10.2 Å². The second-order valence-corrected chi connectivity index (χ2v) is 10.7. The number of fused-ring (bicyclic) bond motifs is 1. The summed E-state index contributed by atoms with van der Waals surface area (Å²) in [4.78, 5) is 24.4. The quantitative estimate of drug-likeness (QED) is 0.403. The second-order valence-electron chi connectivity index (χ2n) is 7.46. The molecule has 8 heteroatoms. The molecule has 0 spiro atoms. The standard InChI is InChI=1S/C24H23N3O3S2/c1-4-32(29,30)21-11-6-5-10-19(21)23(28)27(15-18-9-7-8-14-25-18)24-26-22-17(3)16(2)12-13-20(22)31-24/h5-14H,4,15H2,1-3H3. The molecule has 0 fully saturated rings. The van der Waals surface area contributed by atoms with Gasteiger partial charge in [0.1, 0.15) is 0 Å². The maximum absolute atomic E-state index is 13.8. The molecule has 4 aromatic rings. The first-order chi connectivity index (χ1) is 15.3. The number of thiazole rings is 1. The number of aryl methyl sites for hydroxylation is 2. The van der Waals surface area contributed by atoms with Crippen LogP contribution in [0.1, 0.15) is 34.1 Å². The highest BCUT2D eigenvalue weighted by molar-refractivity contribution is 7.91. The van der Waals surface area contributed by atoms with Crippen molar-refractivity contribution in [2.24, 2.45) is 0 Å². The minimum Gasteiger partial charge on any atom is -0.278 e. The number of hydrogen-bond acceptors (Lipinski definition) is 6. The Hall–Kier alpha value is -3.10. The highest BCUT2D eigenvalue weighted by Crippen LogP contribution is 2.34. The number of amides is 1. The summed E-state index contributed by atoms with van der Waals surface area (Å²) in [7, 11) is -3.58. The van der Waals surface area contributed by atoms with Crippen molar-refractivity contribution in [3.05, 3.63) is 83.2 Å². The van der Waals surface area contributed by atoms with Gasteiger partial charge in [-0.15, -0.1) is 0 Å². The lowest BCUT2D eigenvalue weighted by Gasteiger charge is -2.21. The van der Waals surface area contributed by atoms with E-state index in [1.54, 1.807) is 31.3 Å². The molecule has 4 rings (SSSR count). The fourth-order valence-corrected chi connectivity index (χ4v) is 5.54. The molecule has 1 amide bonds. The third-order valence-corrected chi connectivity index (χ3v) is 8.26. The van der Waals surface area contributed by atoms with E-state index < -0.39 is 15.7 Å². The number of nitrogens with zero attached hydrogens (tertiary/aromatic N) is 3. The molecule has 2 aromatic heterocycles. The molecule has 0 N–H and O–H groups in total. The molecule has 164 valence electrons. The Balaban J connectivity index is 1.86. The van der Waals surface area contributed by atoms with Crippen molar-refractivity contribution in [3.63, 3.8) is 0 Å². The molecule has 0 saturated heterocycles. The minimum atomic E-state index is -3.58. The first kappa shape index (κ1) is 22.1. The van der Waals surface area contributed by atoms with E-state index in [1.165, 1.54) is 22.3 Å². The average molecular weight is 466 g/mol. The van der Waals surface area contributed by atoms with Crippen LogP contribution >= 0.6 is 11.3 Å². The van der Waals surface area contributed by atoms with Gasteiger partial charge in [0.15, 0.2) is 15.0 Å². The third-order valence-electron chi connectivity index (χ3n) is 5.43. The number of benzene rings is 2. The number of carbonyl (C=O) groups is 1. The van der Waals surface area contributed by atoms with Crippen molar-refractivity contribution in [2.75, 3.05) is 10.7 Å². The number of carbonyl (C=O) groups excluding carboxylic acids is 1. The predicted molar refractivity (Wildman–Crippen MR) is 128 cm³/mol. The summed E-state index contributed by atoms with van der Waals surface area (Å²) in [5, 5.41) is 0.507. The fraction of sp³-hybridized carbons (Fsp3) is 0.208. The smallest absolute Gasteiger partial charge is 0.261 e. The summed E-state index contributed by atoms with van der Waals surface area (Å²) in [6.45, 7) is 5.78. The molecule has 0 atom stereocenters. The Kier molecular flexibility index (Phi) is 6.08. The van der Waals surface area contributed by atoms with E-state index in [0.717, 1.165) is 21.3 Å². The predicted octanol–water partition coefficient (Wildman–Crippen LogP) is 4.95. The Bertz CT molecular complexity index is 1400. The monoisotopic (exact) mass is 465 g/mol. The SMILES string of the molecule is CCS(=O)(=O)c1ccccc1C(=O)N(Cc1ccccn1)c1nc2c(C)c(C)ccc2s1. The van der Waals surface area contributed by atoms with Crippen LogP contribution in [-0.4, -0.2) is 30.0 Å². The number of anilines is 1. The van der Waals surface area contributed by atoms with Gasteiger partial charge >= 0.3 is 0 Å². The first-order valence-electron chi connectivity index (χ1n) is 10.2. The van der Waals surface area contributed by atoms with E-state index in [2.05, 4.69) is 4.98 Å². The summed E-state index contributed by atoms with van der Waals surface area (Å²) in [6, 6.07) is 15.9. The van der Waals surface area contributed by atoms with Crippen molar-refractivity contribution in [1.29, 1.82) is 0 Å². The van der Waals surface area contributed by atoms with Crippen molar-refractivity contribution >= 4 is 42.4 Å². The van der Waals surface area contributed by atoms with Crippen LogP contribution in [0.3, 0.4) is 0 Å². The van der Waals surface area contributed by atoms with Gasteiger partial charge in [-0.25, -0.2) is 13.4 Å². The van der Waals surface area contributed by atoms with Crippen molar-refractivity contribution < 1.29 is 13.2 Å². The van der Waals surface area contributed by atoms with Gasteiger partial charge < -0.3 is 0 Å². The summed E-state index contributed by atoms with van der Waals surface area (Å²) >= 11 is 1.41. The van der Waals surface area contributed by atoms with Crippen LogP contribution in [-0.2, 0) is 16.4 Å². The lowest BCUT2D eigenvalue weighted by atomic mass is 10.1. The topological polar surface area (TPSA) is 80.2 Å². The van der Waals surface area contributed by atoms with Crippen LogP contribution < -0.4 is 4.90 Å². The molecule has 0 aliphatic rings. The highest BCUT2D eigenvalue weighted by Gasteiger charge is 2.28. The number of hydrogen-bond donors (Lipinski definition) is 0. The Morgan fingerprint density at radius 3 is 2.50 bits per heavy atom. The minimum absolute atomic E-state index is 0.0339. The van der Waals surface area contributed by atoms with Gasteiger partial charge in [-0.3, -0.25) is 14.7 Å². The van der Waals surface area contributed by atoms with Gasteiger partial charge in [0.25, 0.3) is 5.91 Å². The number of sulfone groups is 1. The van der Waals surface area contributed by atoms with E-state index in [0.29, 0.717) is 10.8 Å². The van der Waals surface area contributed by atoms with E-state index in [1.807, 2.05) is 44.2 Å². The van der Waals surface area contributed by atoms with Crippen LogP contribution in [0.4, 0.5) is 5.13 Å². The fourth-order valence-electron chi connectivity index (χ4n) is 3.43. The molecule has 0 saturated carbocycles. The number of pyridine rings is 1. The van der Waals surface area contributed by atoms with Gasteiger partial charge in [-0.05, 0) is 55.3 Å². The Morgan fingerprint density at radius 1 is 1.03 bits per heavy atom. The molecule has 0 radical (unpaired) electrons. The molecular formula is C24H23N3O3S2. The van der Waals surface area contributed by atoms with Gasteiger partial charge in [0, 0.05) is 6.20 Å². The first-order valence-corrected chi connectivity index (χ1v) is 12.7. The van der Waals surface area contributed by atoms with Gasteiger partial charge in [-0.1, -0.05) is 42.5 Å². The van der Waals surface area contributed by atoms with E-state index >= 15 is 0 Å². The van der Waals surface area contributed by atoms with Crippen molar-refractivity contribution in [3.8, 4) is 0 Å². The molecular weight excluding hydrogens is 442 g/mol. The van der Waals surface area contributed by atoms with Gasteiger partial charge in [0.2, 0.25) is 0 Å². The van der Waals surface area contributed by atoms with Crippen LogP contribution in [0.5, 0.6) is 0 Å². The maximum atomic E-state index is 13.8. The molecule has 0 aliphatic carbocycles. The van der Waals surface area contributed by atoms with E-state index in [9.17, 15) is 13.2 Å². The molecule has 0 aliphatic heterocycles. The third kappa shape index (κ3) is 4.16. The maximum Gasteiger partial charge on any atom is 0.261 e. The second kappa shape index (κ2) is 8.80. The van der Waals surface area contributed by atoms with E-state index in [4.69, 9.17) is 4.98 Å². The van der Waals surface area contributed by atoms with Crippen molar-refractivity contribution in [1.82, 2.24) is 9.97 Å². The average Bonchev–Trinajstić information content (AvgIpc) is 3.25. The van der Waals surface area contributed by atoms with E-state index in [-0.39, 0.29) is 22.8 Å². The lowest BCUT2D eigenvalue weighted by molar-refractivity contribution is 0.0981. The summed E-state index contributed by atoms with van der Waals surface area (Å²) in [5.41, 5.74) is 3.85. The molecule has 2 heterocycles. The Morgan fingerprint density at radius 2 is 1.78 bits per heavy atom. The van der Waals surface area contributed by atoms with Crippen molar-refractivity contribution in [2.45, 2.75) is 32.2 Å². The molecule has 6 nitrogen and oxygen atoms in total. The molecule has 2 aromatic carbocycles. The van der Waals surface area contributed by atoms with Crippen LogP contribution in [0, 0.1) is 13.8 Å². The van der Waals surface area contributed by atoms with Gasteiger partial charge in [0.05, 0.1) is 38.7 Å². The molecule has 32 heavy (non-hydrogen) atoms. The zero-order valence-corrected chi connectivity index (χ0v) is 19.7. The zero-order valence-electron chi connectivity index (χ0n) is 18.1. The van der Waals surface area contributed by atoms with Crippen LogP contribution in [0.15, 0.2) is 65.7 Å². The molecule has 0 unspecified atom stereocenters. The summed E-state index contributed by atoms with van der Waals surface area (Å²) in [6.07, 6.45) is 1.67. The number of rotatable bonds is 6. The van der Waals surface area contributed by atoms with Gasteiger partial charge in [-0.2, -0.15) is 0 Å². The zero-order chi connectivity index (χ0) is 22.9. The normalized spacial score (nSPS) is 11.6. The largest absolute Gasteiger partial charge is 0.278 e. The summed E-state index contributed by atoms with van der Waals surface area (Å²) < 4.78 is 26.3. The Labute approximate surface area is 191 Å².